The number of phenols is 1. The van der Waals surface area contributed by atoms with Crippen LogP contribution in [0.15, 0.2) is 53.6 Å². The predicted molar refractivity (Wildman–Crippen MR) is 103 cm³/mol. The highest BCUT2D eigenvalue weighted by Crippen LogP contribution is 2.38. The van der Waals surface area contributed by atoms with Crippen LogP contribution in [0, 0.1) is 6.92 Å². The maximum absolute atomic E-state index is 12.3. The van der Waals surface area contributed by atoms with E-state index < -0.39 is 9.84 Å². The Kier molecular flexibility index (Phi) is 3.73. The molecular formula is C20H18N2O3S. The number of aromatic nitrogens is 2. The summed E-state index contributed by atoms with van der Waals surface area (Å²) in [5.74, 6) is 0.189. The van der Waals surface area contributed by atoms with Crippen LogP contribution in [0.3, 0.4) is 0 Å². The van der Waals surface area contributed by atoms with Crippen LogP contribution in [0.2, 0.25) is 0 Å². The Morgan fingerprint density at radius 2 is 1.96 bits per heavy atom. The molecule has 2 heterocycles. The third-order valence-corrected chi connectivity index (χ3v) is 6.34. The van der Waals surface area contributed by atoms with Gasteiger partial charge in [0.2, 0.25) is 0 Å². The minimum atomic E-state index is -3.30. The SMILES string of the molecule is CCS(=O)(=O)c1cccc(-c2ccc(O)c3[nH]c4ncc(C)cc4c23)c1. The summed E-state index contributed by atoms with van der Waals surface area (Å²) in [6.07, 6.45) is 1.77. The van der Waals surface area contributed by atoms with Crippen molar-refractivity contribution in [1.82, 2.24) is 9.97 Å². The first-order valence-corrected chi connectivity index (χ1v) is 9.99. The van der Waals surface area contributed by atoms with Gasteiger partial charge in [-0.2, -0.15) is 0 Å². The average Bonchev–Trinajstić information content (AvgIpc) is 3.02. The molecule has 4 rings (SSSR count). The number of aromatic hydroxyl groups is 1. The number of sulfone groups is 1. The van der Waals surface area contributed by atoms with Gasteiger partial charge in [-0.05, 0) is 53.9 Å². The molecule has 0 aliphatic rings. The fourth-order valence-electron chi connectivity index (χ4n) is 3.24. The van der Waals surface area contributed by atoms with E-state index >= 15 is 0 Å². The van der Waals surface area contributed by atoms with Crippen LogP contribution in [0.4, 0.5) is 0 Å². The first-order chi connectivity index (χ1) is 12.4. The van der Waals surface area contributed by atoms with Gasteiger partial charge in [0.05, 0.1) is 16.2 Å². The van der Waals surface area contributed by atoms with Gasteiger partial charge in [0.1, 0.15) is 11.4 Å². The Balaban J connectivity index is 2.07. The van der Waals surface area contributed by atoms with E-state index in [1.165, 1.54) is 0 Å². The zero-order valence-corrected chi connectivity index (χ0v) is 15.3. The van der Waals surface area contributed by atoms with Gasteiger partial charge in [0.15, 0.2) is 9.84 Å². The largest absolute Gasteiger partial charge is 0.506 e. The van der Waals surface area contributed by atoms with E-state index in [-0.39, 0.29) is 11.5 Å². The summed E-state index contributed by atoms with van der Waals surface area (Å²) in [5, 5.41) is 12.0. The molecule has 0 aliphatic heterocycles. The van der Waals surface area contributed by atoms with Gasteiger partial charge in [-0.25, -0.2) is 13.4 Å². The first-order valence-electron chi connectivity index (χ1n) is 8.34. The predicted octanol–water partition coefficient (Wildman–Crippen LogP) is 4.19. The molecule has 0 radical (unpaired) electrons. The van der Waals surface area contributed by atoms with E-state index in [4.69, 9.17) is 0 Å². The fraction of sp³-hybridized carbons (Fsp3) is 0.150. The van der Waals surface area contributed by atoms with Crippen molar-refractivity contribution in [2.75, 3.05) is 5.75 Å². The van der Waals surface area contributed by atoms with Crippen molar-refractivity contribution < 1.29 is 13.5 Å². The van der Waals surface area contributed by atoms with Crippen LogP contribution in [-0.2, 0) is 9.84 Å². The molecule has 0 saturated carbocycles. The van der Waals surface area contributed by atoms with Crippen molar-refractivity contribution in [3.63, 3.8) is 0 Å². The van der Waals surface area contributed by atoms with E-state index in [2.05, 4.69) is 9.97 Å². The van der Waals surface area contributed by atoms with Gasteiger partial charge >= 0.3 is 0 Å². The smallest absolute Gasteiger partial charge is 0.178 e. The minimum absolute atomic E-state index is 0.0532. The molecule has 132 valence electrons. The summed E-state index contributed by atoms with van der Waals surface area (Å²) < 4.78 is 24.5. The second kappa shape index (κ2) is 5.85. The lowest BCUT2D eigenvalue weighted by molar-refractivity contribution is 0.480. The van der Waals surface area contributed by atoms with E-state index in [0.29, 0.717) is 16.1 Å². The molecule has 0 aliphatic carbocycles. The molecule has 4 aromatic rings. The molecule has 0 unspecified atom stereocenters. The van der Waals surface area contributed by atoms with Crippen molar-refractivity contribution in [2.45, 2.75) is 18.7 Å². The lowest BCUT2D eigenvalue weighted by atomic mass is 9.99. The number of phenolic OH excluding ortho intramolecular Hbond substituents is 1. The third kappa shape index (κ3) is 2.54. The summed E-state index contributed by atoms with van der Waals surface area (Å²) in [6, 6.07) is 12.4. The number of nitrogens with one attached hydrogen (secondary N) is 1. The van der Waals surface area contributed by atoms with Crippen LogP contribution in [0.1, 0.15) is 12.5 Å². The Bertz CT molecular complexity index is 1260. The molecular weight excluding hydrogens is 348 g/mol. The van der Waals surface area contributed by atoms with Gasteiger partial charge in [-0.3, -0.25) is 0 Å². The van der Waals surface area contributed by atoms with Crippen molar-refractivity contribution in [3.8, 4) is 16.9 Å². The average molecular weight is 366 g/mol. The molecule has 0 bridgehead atoms. The van der Waals surface area contributed by atoms with Gasteiger partial charge in [0.25, 0.3) is 0 Å². The summed E-state index contributed by atoms with van der Waals surface area (Å²) >= 11 is 0. The summed E-state index contributed by atoms with van der Waals surface area (Å²) in [7, 11) is -3.30. The summed E-state index contributed by atoms with van der Waals surface area (Å²) in [5.41, 5.74) is 3.93. The molecule has 0 spiro atoms. The minimum Gasteiger partial charge on any atom is -0.506 e. The van der Waals surface area contributed by atoms with Crippen molar-refractivity contribution >= 4 is 31.8 Å². The molecule has 6 heteroatoms. The van der Waals surface area contributed by atoms with Gasteiger partial charge in [-0.1, -0.05) is 19.1 Å². The number of H-pyrrole nitrogens is 1. The molecule has 0 saturated heterocycles. The quantitative estimate of drug-likeness (QED) is 0.569. The Morgan fingerprint density at radius 3 is 2.73 bits per heavy atom. The van der Waals surface area contributed by atoms with Crippen LogP contribution >= 0.6 is 0 Å². The van der Waals surface area contributed by atoms with Crippen LogP contribution in [0.5, 0.6) is 5.75 Å². The molecule has 0 atom stereocenters. The van der Waals surface area contributed by atoms with E-state index in [9.17, 15) is 13.5 Å². The maximum atomic E-state index is 12.3. The van der Waals surface area contributed by atoms with Crippen LogP contribution < -0.4 is 0 Å². The number of pyridine rings is 1. The zero-order chi connectivity index (χ0) is 18.5. The molecule has 0 fully saturated rings. The van der Waals surface area contributed by atoms with Crippen molar-refractivity contribution in [1.29, 1.82) is 0 Å². The lowest BCUT2D eigenvalue weighted by Gasteiger charge is -2.08. The van der Waals surface area contributed by atoms with E-state index in [0.717, 1.165) is 27.5 Å². The highest BCUT2D eigenvalue weighted by Gasteiger charge is 2.17. The second-order valence-electron chi connectivity index (χ2n) is 6.35. The topological polar surface area (TPSA) is 83.0 Å². The monoisotopic (exact) mass is 366 g/mol. The molecule has 5 nitrogen and oxygen atoms in total. The van der Waals surface area contributed by atoms with Gasteiger partial charge in [-0.15, -0.1) is 0 Å². The Labute approximate surface area is 151 Å². The second-order valence-corrected chi connectivity index (χ2v) is 8.63. The number of aryl methyl sites for hydroxylation is 1. The third-order valence-electron chi connectivity index (χ3n) is 4.60. The Morgan fingerprint density at radius 1 is 1.15 bits per heavy atom. The number of hydrogen-bond acceptors (Lipinski definition) is 4. The molecule has 26 heavy (non-hydrogen) atoms. The van der Waals surface area contributed by atoms with Crippen molar-refractivity contribution in [3.05, 3.63) is 54.2 Å². The highest BCUT2D eigenvalue weighted by atomic mass is 32.2. The summed E-state index contributed by atoms with van der Waals surface area (Å²) in [4.78, 5) is 7.86. The first kappa shape index (κ1) is 16.6. The normalized spacial score (nSPS) is 12.1. The number of nitrogens with zero attached hydrogens (tertiary/aromatic N) is 1. The molecule has 0 amide bonds. The standard InChI is InChI=1S/C20H18N2O3S/c1-3-26(24,25)14-6-4-5-13(10-14)15-7-8-17(23)19-18(15)16-9-12(2)11-21-20(16)22-19/h4-11,23H,3H2,1-2H3,(H,21,22). The lowest BCUT2D eigenvalue weighted by Crippen LogP contribution is -2.03. The van der Waals surface area contributed by atoms with E-state index in [1.807, 2.05) is 25.1 Å². The molecule has 2 N–H and O–H groups in total. The summed E-state index contributed by atoms with van der Waals surface area (Å²) in [6.45, 7) is 3.59. The van der Waals surface area contributed by atoms with Crippen LogP contribution in [-0.4, -0.2) is 29.2 Å². The number of fused-ring (bicyclic) bond motifs is 3. The van der Waals surface area contributed by atoms with Crippen molar-refractivity contribution in [2.24, 2.45) is 0 Å². The number of rotatable bonds is 3. The molecule has 2 aromatic heterocycles. The Hall–Kier alpha value is -2.86. The van der Waals surface area contributed by atoms with Crippen LogP contribution in [0.25, 0.3) is 33.1 Å². The molecule has 2 aromatic carbocycles. The number of aromatic amines is 1. The fourth-order valence-corrected chi connectivity index (χ4v) is 4.17. The van der Waals surface area contributed by atoms with Gasteiger partial charge < -0.3 is 10.1 Å². The van der Waals surface area contributed by atoms with E-state index in [1.54, 1.807) is 37.4 Å². The zero-order valence-electron chi connectivity index (χ0n) is 14.4. The number of benzene rings is 2. The number of hydrogen-bond donors (Lipinski definition) is 2. The highest BCUT2D eigenvalue weighted by molar-refractivity contribution is 7.91. The maximum Gasteiger partial charge on any atom is 0.178 e. The van der Waals surface area contributed by atoms with Gasteiger partial charge in [0, 0.05) is 17.0 Å².